The number of ketones is 2. The van der Waals surface area contributed by atoms with Crippen LogP contribution in [0.5, 0.6) is 0 Å². The van der Waals surface area contributed by atoms with Gasteiger partial charge >= 0.3 is 0 Å². The summed E-state index contributed by atoms with van der Waals surface area (Å²) in [7, 11) is 0.155. The van der Waals surface area contributed by atoms with Gasteiger partial charge in [-0.05, 0) is 31.7 Å². The molecule has 0 saturated carbocycles. The minimum Gasteiger partial charge on any atom is -0.337 e. The molecule has 0 spiro atoms. The third-order valence-corrected chi connectivity index (χ3v) is 3.20. The van der Waals surface area contributed by atoms with Gasteiger partial charge in [-0.1, -0.05) is 12.2 Å². The van der Waals surface area contributed by atoms with Crippen molar-refractivity contribution < 1.29 is 14.4 Å². The summed E-state index contributed by atoms with van der Waals surface area (Å²) in [6, 6.07) is 0. The third-order valence-electron chi connectivity index (χ3n) is 2.50. The SMILES string of the molecule is CC(=O)NC(C/C=C/C=S(C)C)(C(C)=O)C(C)=O. The summed E-state index contributed by atoms with van der Waals surface area (Å²) in [5.74, 6) is -1.08. The van der Waals surface area contributed by atoms with E-state index in [1.165, 1.54) is 20.8 Å². The molecular formula is C13H21NO3S. The first-order chi connectivity index (χ1) is 8.22. The molecule has 5 heteroatoms. The largest absolute Gasteiger partial charge is 0.337 e. The van der Waals surface area contributed by atoms with Crippen LogP contribution in [-0.4, -0.2) is 40.9 Å². The molecule has 1 N–H and O–H groups in total. The van der Waals surface area contributed by atoms with Crippen molar-refractivity contribution in [2.45, 2.75) is 32.7 Å². The molecule has 0 aliphatic rings. The molecule has 1 amide bonds. The van der Waals surface area contributed by atoms with Crippen LogP contribution in [0.2, 0.25) is 0 Å². The fourth-order valence-electron chi connectivity index (χ4n) is 1.52. The monoisotopic (exact) mass is 271 g/mol. The van der Waals surface area contributed by atoms with E-state index in [4.69, 9.17) is 0 Å². The third kappa shape index (κ3) is 4.96. The van der Waals surface area contributed by atoms with Gasteiger partial charge in [0, 0.05) is 13.3 Å². The van der Waals surface area contributed by atoms with Crippen LogP contribution in [0.25, 0.3) is 0 Å². The van der Waals surface area contributed by atoms with Gasteiger partial charge in [0.15, 0.2) is 17.1 Å². The quantitative estimate of drug-likeness (QED) is 0.450. The fraction of sp³-hybridized carbons (Fsp3) is 0.538. The van der Waals surface area contributed by atoms with Gasteiger partial charge in [0.25, 0.3) is 0 Å². The lowest BCUT2D eigenvalue weighted by Crippen LogP contribution is -2.57. The minimum atomic E-state index is -1.42. The summed E-state index contributed by atoms with van der Waals surface area (Å²) in [4.78, 5) is 34.5. The highest BCUT2D eigenvalue weighted by atomic mass is 32.2. The zero-order valence-electron chi connectivity index (χ0n) is 11.6. The number of Topliss-reactive ketones (excluding diaryl/α,β-unsaturated/α-hetero) is 2. The Labute approximate surface area is 111 Å². The van der Waals surface area contributed by atoms with Gasteiger partial charge in [0.1, 0.15) is 0 Å². The Morgan fingerprint density at radius 1 is 1.11 bits per heavy atom. The topological polar surface area (TPSA) is 63.2 Å². The number of amides is 1. The fourth-order valence-corrected chi connectivity index (χ4v) is 1.95. The first-order valence-corrected chi connectivity index (χ1v) is 7.70. The Morgan fingerprint density at radius 2 is 1.61 bits per heavy atom. The van der Waals surface area contributed by atoms with Crippen molar-refractivity contribution in [3.05, 3.63) is 12.2 Å². The summed E-state index contributed by atoms with van der Waals surface area (Å²) in [5.41, 5.74) is -1.42. The van der Waals surface area contributed by atoms with E-state index in [9.17, 15) is 14.4 Å². The van der Waals surface area contributed by atoms with Crippen molar-refractivity contribution in [2.24, 2.45) is 0 Å². The maximum Gasteiger partial charge on any atom is 0.218 e. The predicted octanol–water partition coefficient (Wildman–Crippen LogP) is 1.32. The Balaban J connectivity index is 5.14. The van der Waals surface area contributed by atoms with Crippen molar-refractivity contribution >= 4 is 33.3 Å². The van der Waals surface area contributed by atoms with E-state index in [-0.39, 0.29) is 34.4 Å². The van der Waals surface area contributed by atoms with Crippen molar-refractivity contribution in [3.8, 4) is 0 Å². The molecule has 0 bridgehead atoms. The van der Waals surface area contributed by atoms with Crippen LogP contribution in [0.15, 0.2) is 12.2 Å². The molecule has 0 aromatic heterocycles. The van der Waals surface area contributed by atoms with E-state index in [1.807, 2.05) is 11.4 Å². The van der Waals surface area contributed by atoms with Gasteiger partial charge in [-0.15, -0.1) is 0 Å². The van der Waals surface area contributed by atoms with E-state index in [1.54, 1.807) is 6.08 Å². The number of allylic oxidation sites excluding steroid dienone is 1. The number of hydrogen-bond donors (Lipinski definition) is 1. The molecular weight excluding hydrogens is 250 g/mol. The molecule has 0 fully saturated rings. The molecule has 102 valence electrons. The summed E-state index contributed by atoms with van der Waals surface area (Å²) in [6.45, 7) is 3.93. The number of rotatable bonds is 6. The predicted molar refractivity (Wildman–Crippen MR) is 77.2 cm³/mol. The standard InChI is InChI=1S/C13H21NO3S/c1-10(15)13(11(2)16,14-12(3)17)8-6-7-9-18(4)5/h6-7,9H,8H2,1-5H3,(H,14,17)/b7-6+. The molecule has 0 radical (unpaired) electrons. The molecule has 0 rings (SSSR count). The molecule has 0 saturated heterocycles. The maximum absolute atomic E-state index is 11.7. The summed E-state index contributed by atoms with van der Waals surface area (Å²) >= 11 is 0. The van der Waals surface area contributed by atoms with E-state index in [0.717, 1.165) is 0 Å². The first kappa shape index (κ1) is 16.8. The highest BCUT2D eigenvalue weighted by Crippen LogP contribution is 2.15. The van der Waals surface area contributed by atoms with Gasteiger partial charge in [-0.25, -0.2) is 0 Å². The zero-order chi connectivity index (χ0) is 14.3. The molecule has 18 heavy (non-hydrogen) atoms. The highest BCUT2D eigenvalue weighted by molar-refractivity contribution is 8.14. The van der Waals surface area contributed by atoms with Crippen LogP contribution in [0.3, 0.4) is 0 Å². The molecule has 0 aromatic carbocycles. The van der Waals surface area contributed by atoms with E-state index < -0.39 is 5.54 Å². The zero-order valence-corrected chi connectivity index (χ0v) is 12.4. The Morgan fingerprint density at radius 3 is 1.94 bits per heavy atom. The van der Waals surface area contributed by atoms with E-state index >= 15 is 0 Å². The van der Waals surface area contributed by atoms with Crippen LogP contribution in [0.4, 0.5) is 0 Å². The number of nitrogens with one attached hydrogen (secondary N) is 1. The Bertz CT molecular complexity index is 392. The summed E-state index contributed by atoms with van der Waals surface area (Å²) < 4.78 is 0. The lowest BCUT2D eigenvalue weighted by molar-refractivity contribution is -0.138. The molecule has 0 aromatic rings. The minimum absolute atomic E-state index is 0.155. The van der Waals surface area contributed by atoms with Gasteiger partial charge in [-0.2, -0.15) is 10.5 Å². The molecule has 0 aliphatic heterocycles. The van der Waals surface area contributed by atoms with Gasteiger partial charge in [0.2, 0.25) is 5.91 Å². The van der Waals surface area contributed by atoms with Gasteiger partial charge in [0.05, 0.1) is 0 Å². The maximum atomic E-state index is 11.7. The average molecular weight is 271 g/mol. The van der Waals surface area contributed by atoms with Crippen LogP contribution in [0.1, 0.15) is 27.2 Å². The summed E-state index contributed by atoms with van der Waals surface area (Å²) in [6.07, 6.45) is 7.87. The van der Waals surface area contributed by atoms with Crippen molar-refractivity contribution in [3.63, 3.8) is 0 Å². The first-order valence-electron chi connectivity index (χ1n) is 5.59. The smallest absolute Gasteiger partial charge is 0.218 e. The molecule has 4 nitrogen and oxygen atoms in total. The number of hydrogen-bond acceptors (Lipinski definition) is 3. The van der Waals surface area contributed by atoms with Gasteiger partial charge < -0.3 is 5.32 Å². The average Bonchev–Trinajstić information content (AvgIpc) is 2.20. The normalized spacial score (nSPS) is 11.7. The van der Waals surface area contributed by atoms with Crippen LogP contribution in [0, 0.1) is 0 Å². The number of carbonyl (C=O) groups is 3. The van der Waals surface area contributed by atoms with Crippen molar-refractivity contribution in [1.82, 2.24) is 5.32 Å². The van der Waals surface area contributed by atoms with Crippen LogP contribution >= 0.6 is 10.5 Å². The Hall–Kier alpha value is -1.23. The van der Waals surface area contributed by atoms with E-state index in [2.05, 4.69) is 17.8 Å². The highest BCUT2D eigenvalue weighted by Gasteiger charge is 2.40. The van der Waals surface area contributed by atoms with Crippen molar-refractivity contribution in [2.75, 3.05) is 12.5 Å². The second-order valence-electron chi connectivity index (χ2n) is 4.35. The molecule has 0 atom stereocenters. The molecule has 0 aliphatic carbocycles. The Kier molecular flexibility index (Phi) is 6.76. The second-order valence-corrected chi connectivity index (χ2v) is 6.38. The van der Waals surface area contributed by atoms with Gasteiger partial charge in [-0.3, -0.25) is 14.4 Å². The molecule has 0 heterocycles. The number of carbonyl (C=O) groups excluding carboxylic acids is 3. The van der Waals surface area contributed by atoms with Crippen LogP contribution in [-0.2, 0) is 14.4 Å². The van der Waals surface area contributed by atoms with E-state index in [0.29, 0.717) is 0 Å². The van der Waals surface area contributed by atoms with Crippen LogP contribution < -0.4 is 5.32 Å². The second kappa shape index (κ2) is 7.26. The summed E-state index contributed by atoms with van der Waals surface area (Å²) in [5, 5.41) is 4.46. The lowest BCUT2D eigenvalue weighted by atomic mass is 9.86. The van der Waals surface area contributed by atoms with Crippen molar-refractivity contribution in [1.29, 1.82) is 0 Å². The molecule has 0 unspecified atom stereocenters. The lowest BCUT2D eigenvalue weighted by Gasteiger charge is -2.28.